The molecule has 0 amide bonds. The van der Waals surface area contributed by atoms with E-state index in [4.69, 9.17) is 4.74 Å². The number of aryl methyl sites for hydroxylation is 1. The largest absolute Gasteiger partial charge is 0.508 e. The summed E-state index contributed by atoms with van der Waals surface area (Å²) in [6.45, 7) is 5.44. The van der Waals surface area contributed by atoms with E-state index < -0.39 is 0 Å². The Labute approximate surface area is 176 Å². The third kappa shape index (κ3) is 3.45. The van der Waals surface area contributed by atoms with Crippen LogP contribution in [0.1, 0.15) is 68.9 Å². The second-order valence-corrected chi connectivity index (χ2v) is 10.3. The van der Waals surface area contributed by atoms with Crippen LogP contribution in [0.4, 0.5) is 0 Å². The van der Waals surface area contributed by atoms with E-state index in [0.29, 0.717) is 23.1 Å². The zero-order chi connectivity index (χ0) is 20.0. The van der Waals surface area contributed by atoms with Crippen molar-refractivity contribution in [3.05, 3.63) is 41.0 Å². The molecule has 1 N–H and O–H groups in total. The Morgan fingerprint density at radius 2 is 2.10 bits per heavy atom. The summed E-state index contributed by atoms with van der Waals surface area (Å²) in [6, 6.07) is 6.74. The molecule has 29 heavy (non-hydrogen) atoms. The molecular formula is C26H37NO2. The second-order valence-electron chi connectivity index (χ2n) is 10.3. The maximum absolute atomic E-state index is 9.87. The van der Waals surface area contributed by atoms with E-state index in [9.17, 15) is 5.11 Å². The molecule has 3 fully saturated rings. The summed E-state index contributed by atoms with van der Waals surface area (Å²) in [6.07, 6.45) is 12.7. The first-order valence-electron chi connectivity index (χ1n) is 11.9. The lowest BCUT2D eigenvalue weighted by Gasteiger charge is -2.49. The second kappa shape index (κ2) is 7.74. The fourth-order valence-corrected chi connectivity index (χ4v) is 7.31. The van der Waals surface area contributed by atoms with E-state index in [1.165, 1.54) is 62.6 Å². The van der Waals surface area contributed by atoms with Gasteiger partial charge in [0.1, 0.15) is 5.75 Å². The molecule has 5 atom stereocenters. The predicted octanol–water partition coefficient (Wildman–Crippen LogP) is 5.29. The van der Waals surface area contributed by atoms with E-state index in [1.807, 2.05) is 12.1 Å². The number of nitrogens with zero attached hydrogens (tertiary/aromatic N) is 1. The first kappa shape index (κ1) is 19.6. The van der Waals surface area contributed by atoms with Crippen LogP contribution in [0.2, 0.25) is 0 Å². The number of likely N-dealkylation sites (tertiary alicyclic amines) is 1. The summed E-state index contributed by atoms with van der Waals surface area (Å²) in [4.78, 5) is 2.45. The van der Waals surface area contributed by atoms with Crippen molar-refractivity contribution in [2.75, 3.05) is 26.8 Å². The average molecular weight is 396 g/mol. The lowest BCUT2D eigenvalue weighted by atomic mass is 9.55. The highest BCUT2D eigenvalue weighted by Gasteiger charge is 2.52. The highest BCUT2D eigenvalue weighted by atomic mass is 16.5. The molecule has 0 radical (unpaired) electrons. The van der Waals surface area contributed by atoms with E-state index in [1.54, 1.807) is 5.57 Å². The number of allylic oxidation sites excluding steroid dienone is 1. The number of phenols is 1. The SMILES string of the molecule is CN1CCCC1COC/C=C1\CCC2C3CCc4cc(O)ccc4C3CCC12C. The van der Waals surface area contributed by atoms with Crippen LogP contribution in [0.3, 0.4) is 0 Å². The van der Waals surface area contributed by atoms with Crippen molar-refractivity contribution in [2.24, 2.45) is 17.3 Å². The van der Waals surface area contributed by atoms with Crippen LogP contribution in [0.25, 0.3) is 0 Å². The summed E-state index contributed by atoms with van der Waals surface area (Å²) < 4.78 is 6.10. The molecule has 1 saturated heterocycles. The molecule has 0 bridgehead atoms. The van der Waals surface area contributed by atoms with Crippen LogP contribution >= 0.6 is 0 Å². The number of hydrogen-bond donors (Lipinski definition) is 1. The molecule has 3 aliphatic carbocycles. The standard InChI is InChI=1S/C26H37NO2/c1-26-13-11-23-22-9-7-21(28)16-18(22)5-8-24(23)25(26)10-6-19(26)12-15-29-17-20-4-3-14-27(20)2/h7,9,12,16,20,23-25,28H,3-6,8,10-11,13-15,17H2,1-2H3/b19-12+. The maximum Gasteiger partial charge on any atom is 0.115 e. The summed E-state index contributed by atoms with van der Waals surface area (Å²) in [5, 5.41) is 9.87. The van der Waals surface area contributed by atoms with E-state index in [2.05, 4.69) is 31.0 Å². The number of likely N-dealkylation sites (N-methyl/N-ethyl adjacent to an activating group) is 1. The highest BCUT2D eigenvalue weighted by molar-refractivity contribution is 5.40. The van der Waals surface area contributed by atoms with Crippen molar-refractivity contribution in [3.63, 3.8) is 0 Å². The number of hydrogen-bond acceptors (Lipinski definition) is 3. The van der Waals surface area contributed by atoms with Gasteiger partial charge < -0.3 is 14.7 Å². The Hall–Kier alpha value is -1.32. The lowest BCUT2D eigenvalue weighted by Crippen LogP contribution is -2.40. The van der Waals surface area contributed by atoms with E-state index >= 15 is 0 Å². The van der Waals surface area contributed by atoms with Crippen LogP contribution in [0, 0.1) is 17.3 Å². The molecule has 3 nitrogen and oxygen atoms in total. The van der Waals surface area contributed by atoms with Crippen LogP contribution < -0.4 is 0 Å². The molecule has 1 aromatic rings. The van der Waals surface area contributed by atoms with Crippen LogP contribution in [-0.2, 0) is 11.2 Å². The minimum atomic E-state index is 0.378. The molecular weight excluding hydrogens is 358 g/mol. The molecule has 3 heteroatoms. The third-order valence-corrected chi connectivity index (χ3v) is 8.99. The number of benzene rings is 1. The molecule has 0 aromatic heterocycles. The molecule has 4 aliphatic rings. The molecule has 158 valence electrons. The first-order chi connectivity index (χ1) is 14.1. The summed E-state index contributed by atoms with van der Waals surface area (Å²) in [7, 11) is 2.23. The highest BCUT2D eigenvalue weighted by Crippen LogP contribution is 2.62. The number of aromatic hydroxyl groups is 1. The van der Waals surface area contributed by atoms with Gasteiger partial charge in [-0.15, -0.1) is 0 Å². The van der Waals surface area contributed by atoms with Gasteiger partial charge in [-0.2, -0.15) is 0 Å². The van der Waals surface area contributed by atoms with Crippen molar-refractivity contribution in [1.82, 2.24) is 4.90 Å². The molecule has 1 aliphatic heterocycles. The first-order valence-corrected chi connectivity index (χ1v) is 11.9. The van der Waals surface area contributed by atoms with Crippen molar-refractivity contribution >= 4 is 0 Å². The zero-order valence-corrected chi connectivity index (χ0v) is 18.2. The fourth-order valence-electron chi connectivity index (χ4n) is 7.31. The van der Waals surface area contributed by atoms with Gasteiger partial charge in [-0.05, 0) is 111 Å². The quantitative estimate of drug-likeness (QED) is 0.556. The van der Waals surface area contributed by atoms with E-state index in [0.717, 1.165) is 31.5 Å². The Bertz CT molecular complexity index is 787. The predicted molar refractivity (Wildman–Crippen MR) is 117 cm³/mol. The van der Waals surface area contributed by atoms with Gasteiger partial charge in [0.05, 0.1) is 13.2 Å². The van der Waals surface area contributed by atoms with Gasteiger partial charge in [0.25, 0.3) is 0 Å². The summed E-state index contributed by atoms with van der Waals surface area (Å²) in [5.74, 6) is 2.75. The maximum atomic E-state index is 9.87. The summed E-state index contributed by atoms with van der Waals surface area (Å²) >= 11 is 0. The number of phenolic OH excluding ortho intramolecular Hbond substituents is 1. The molecule has 1 heterocycles. The number of rotatable bonds is 4. The summed E-state index contributed by atoms with van der Waals surface area (Å²) in [5.41, 5.74) is 4.98. The van der Waals surface area contributed by atoms with Gasteiger partial charge in [-0.3, -0.25) is 0 Å². The van der Waals surface area contributed by atoms with Crippen molar-refractivity contribution < 1.29 is 9.84 Å². The van der Waals surface area contributed by atoms with Gasteiger partial charge in [0.15, 0.2) is 0 Å². The minimum Gasteiger partial charge on any atom is -0.508 e. The van der Waals surface area contributed by atoms with Crippen molar-refractivity contribution in [3.8, 4) is 5.75 Å². The Morgan fingerprint density at radius 1 is 1.21 bits per heavy atom. The average Bonchev–Trinajstić information content (AvgIpc) is 3.27. The molecule has 5 rings (SSSR count). The van der Waals surface area contributed by atoms with Gasteiger partial charge in [-0.25, -0.2) is 0 Å². The van der Waals surface area contributed by atoms with Gasteiger partial charge in [-0.1, -0.05) is 24.6 Å². The topological polar surface area (TPSA) is 32.7 Å². The van der Waals surface area contributed by atoms with Crippen LogP contribution in [-0.4, -0.2) is 42.9 Å². The van der Waals surface area contributed by atoms with E-state index in [-0.39, 0.29) is 0 Å². The molecule has 5 unspecified atom stereocenters. The van der Waals surface area contributed by atoms with Gasteiger partial charge >= 0.3 is 0 Å². The van der Waals surface area contributed by atoms with Gasteiger partial charge in [0.2, 0.25) is 0 Å². The molecule has 0 spiro atoms. The van der Waals surface area contributed by atoms with Crippen molar-refractivity contribution in [1.29, 1.82) is 0 Å². The molecule has 1 aromatic carbocycles. The Kier molecular flexibility index (Phi) is 5.24. The normalized spacial score (nSPS) is 38.1. The Morgan fingerprint density at radius 3 is 2.93 bits per heavy atom. The van der Waals surface area contributed by atoms with Gasteiger partial charge in [0, 0.05) is 6.04 Å². The molecule has 2 saturated carbocycles. The third-order valence-electron chi connectivity index (χ3n) is 8.99. The minimum absolute atomic E-state index is 0.378. The lowest BCUT2D eigenvalue weighted by molar-refractivity contribution is 0.0789. The van der Waals surface area contributed by atoms with Crippen LogP contribution in [0.5, 0.6) is 5.75 Å². The number of ether oxygens (including phenoxy) is 1. The van der Waals surface area contributed by atoms with Crippen LogP contribution in [0.15, 0.2) is 29.8 Å². The van der Waals surface area contributed by atoms with Crippen molar-refractivity contribution in [2.45, 2.75) is 70.3 Å². The zero-order valence-electron chi connectivity index (χ0n) is 18.2. The monoisotopic (exact) mass is 395 g/mol. The number of fused-ring (bicyclic) bond motifs is 5. The fraction of sp³-hybridized carbons (Fsp3) is 0.692. The smallest absolute Gasteiger partial charge is 0.115 e. The Balaban J connectivity index is 1.26.